The van der Waals surface area contributed by atoms with Crippen LogP contribution in [0, 0.1) is 0 Å². The quantitative estimate of drug-likeness (QED) is 0.165. The summed E-state index contributed by atoms with van der Waals surface area (Å²) in [6.45, 7) is 10.1. The number of amides is 1. The van der Waals surface area contributed by atoms with Crippen LogP contribution < -0.4 is 9.47 Å². The van der Waals surface area contributed by atoms with Crippen LogP contribution in [0.3, 0.4) is 0 Å². The Balaban J connectivity index is 0.000000281. The molecule has 3 rings (SSSR count). The van der Waals surface area contributed by atoms with Crippen LogP contribution >= 0.6 is 23.4 Å². The third kappa shape index (κ3) is 12.1. The average molecular weight is 582 g/mol. The minimum atomic E-state index is -0.743. The molecule has 0 aliphatic carbocycles. The van der Waals surface area contributed by atoms with Crippen LogP contribution in [0.15, 0.2) is 42.5 Å². The van der Waals surface area contributed by atoms with Gasteiger partial charge in [-0.3, -0.25) is 4.79 Å². The first-order chi connectivity index (χ1) is 18.4. The summed E-state index contributed by atoms with van der Waals surface area (Å²) in [6, 6.07) is 13.6. The Kier molecular flexibility index (Phi) is 16.1. The highest BCUT2D eigenvalue weighted by Crippen LogP contribution is 2.33. The van der Waals surface area contributed by atoms with E-state index in [9.17, 15) is 9.35 Å². The normalized spacial score (nSPS) is 13.4. The van der Waals surface area contributed by atoms with Crippen LogP contribution in [0.5, 0.6) is 11.5 Å². The van der Waals surface area contributed by atoms with Crippen molar-refractivity contribution < 1.29 is 18.8 Å². The van der Waals surface area contributed by atoms with Crippen molar-refractivity contribution in [1.82, 2.24) is 4.90 Å². The molecule has 0 aromatic heterocycles. The predicted molar refractivity (Wildman–Crippen MR) is 163 cm³/mol. The SMILES string of the molecule is CCCCCCCC[S+]([O-])C(C)Cc1ccc2c(c1)OCO2.CCN(CC)C(=O)SCc1ccc(Cl)cc1. The number of halogens is 1. The Morgan fingerprint density at radius 3 is 2.29 bits per heavy atom. The molecular formula is C30H44ClNO4S2. The van der Waals surface area contributed by atoms with Gasteiger partial charge in [0.15, 0.2) is 11.5 Å². The predicted octanol–water partition coefficient (Wildman–Crippen LogP) is 8.49. The van der Waals surface area contributed by atoms with Gasteiger partial charge >= 0.3 is 0 Å². The van der Waals surface area contributed by atoms with Crippen molar-refractivity contribution in [2.24, 2.45) is 0 Å². The summed E-state index contributed by atoms with van der Waals surface area (Å²) in [5.74, 6) is 3.15. The molecule has 8 heteroatoms. The second kappa shape index (κ2) is 18.7. The monoisotopic (exact) mass is 581 g/mol. The second-order valence-electron chi connectivity index (χ2n) is 9.41. The molecule has 2 aromatic carbocycles. The lowest BCUT2D eigenvalue weighted by Crippen LogP contribution is -2.26. The van der Waals surface area contributed by atoms with E-state index in [1.54, 1.807) is 0 Å². The fourth-order valence-corrected chi connectivity index (χ4v) is 6.34. The van der Waals surface area contributed by atoms with E-state index in [-0.39, 0.29) is 10.5 Å². The van der Waals surface area contributed by atoms with Crippen molar-refractivity contribution in [3.8, 4) is 11.5 Å². The molecule has 1 heterocycles. The number of carbonyl (C=O) groups is 1. The third-order valence-corrected chi connectivity index (χ3v) is 9.40. The minimum Gasteiger partial charge on any atom is -0.616 e. The lowest BCUT2D eigenvalue weighted by atomic mass is 10.1. The minimum absolute atomic E-state index is 0.139. The van der Waals surface area contributed by atoms with Crippen LogP contribution in [0.1, 0.15) is 77.3 Å². The number of ether oxygens (including phenoxy) is 2. The molecule has 0 saturated heterocycles. The summed E-state index contributed by atoms with van der Waals surface area (Å²) < 4.78 is 23.0. The van der Waals surface area contributed by atoms with Gasteiger partial charge in [-0.05, 0) is 69.0 Å². The Hall–Kier alpha value is -1.54. The van der Waals surface area contributed by atoms with Gasteiger partial charge in [-0.2, -0.15) is 0 Å². The van der Waals surface area contributed by atoms with Crippen molar-refractivity contribution in [2.75, 3.05) is 25.6 Å². The molecule has 0 radical (unpaired) electrons. The molecule has 0 saturated carbocycles. The molecule has 1 aliphatic rings. The van der Waals surface area contributed by atoms with E-state index >= 15 is 0 Å². The van der Waals surface area contributed by atoms with Crippen molar-refractivity contribution >= 4 is 39.8 Å². The van der Waals surface area contributed by atoms with Crippen molar-refractivity contribution in [2.45, 2.75) is 83.6 Å². The zero-order valence-corrected chi connectivity index (χ0v) is 25.8. The van der Waals surface area contributed by atoms with E-state index < -0.39 is 11.2 Å². The largest absolute Gasteiger partial charge is 0.616 e. The number of thioether (sulfide) groups is 1. The van der Waals surface area contributed by atoms with E-state index in [1.807, 2.05) is 61.2 Å². The summed E-state index contributed by atoms with van der Waals surface area (Å²) >= 11 is 6.38. The van der Waals surface area contributed by atoms with E-state index in [0.29, 0.717) is 12.5 Å². The van der Waals surface area contributed by atoms with Crippen molar-refractivity contribution in [3.63, 3.8) is 0 Å². The molecule has 2 aromatic rings. The fraction of sp³-hybridized carbons (Fsp3) is 0.567. The van der Waals surface area contributed by atoms with Gasteiger partial charge in [0.05, 0.1) is 0 Å². The molecule has 5 nitrogen and oxygen atoms in total. The maximum absolute atomic E-state index is 12.3. The number of hydrogen-bond acceptors (Lipinski definition) is 5. The molecule has 0 bridgehead atoms. The molecule has 38 heavy (non-hydrogen) atoms. The van der Waals surface area contributed by atoms with Crippen molar-refractivity contribution in [3.05, 3.63) is 58.6 Å². The van der Waals surface area contributed by atoms with Gasteiger partial charge in [0.25, 0.3) is 5.24 Å². The van der Waals surface area contributed by atoms with Crippen LogP contribution in [-0.4, -0.2) is 45.6 Å². The number of hydrogen-bond donors (Lipinski definition) is 0. The Bertz CT molecular complexity index is 940. The van der Waals surface area contributed by atoms with E-state index in [1.165, 1.54) is 49.4 Å². The maximum atomic E-state index is 12.3. The highest BCUT2D eigenvalue weighted by Gasteiger charge is 2.19. The maximum Gasteiger partial charge on any atom is 0.281 e. The molecular weight excluding hydrogens is 538 g/mol. The summed E-state index contributed by atoms with van der Waals surface area (Å²) in [7, 11) is 0. The highest BCUT2D eigenvalue weighted by molar-refractivity contribution is 8.12. The number of fused-ring (bicyclic) bond motifs is 1. The van der Waals surface area contributed by atoms with Crippen LogP contribution in [0.2, 0.25) is 5.02 Å². The molecule has 1 amide bonds. The van der Waals surface area contributed by atoms with Gasteiger partial charge in [-0.15, -0.1) is 0 Å². The zero-order chi connectivity index (χ0) is 27.8. The molecule has 0 spiro atoms. The number of nitrogens with zero attached hydrogens (tertiary/aromatic N) is 1. The first-order valence-electron chi connectivity index (χ1n) is 13.8. The Labute approximate surface area is 242 Å². The van der Waals surface area contributed by atoms with Crippen LogP contribution in [-0.2, 0) is 23.3 Å². The topological polar surface area (TPSA) is 61.8 Å². The zero-order valence-electron chi connectivity index (χ0n) is 23.4. The van der Waals surface area contributed by atoms with Crippen LogP contribution in [0.25, 0.3) is 0 Å². The molecule has 0 fully saturated rings. The summed E-state index contributed by atoms with van der Waals surface area (Å²) in [4.78, 5) is 13.5. The van der Waals surface area contributed by atoms with Gasteiger partial charge in [0.1, 0.15) is 11.0 Å². The highest BCUT2D eigenvalue weighted by atomic mass is 35.5. The van der Waals surface area contributed by atoms with E-state index in [2.05, 4.69) is 13.8 Å². The van der Waals surface area contributed by atoms with Crippen LogP contribution in [0.4, 0.5) is 4.79 Å². The smallest absolute Gasteiger partial charge is 0.281 e. The molecule has 0 N–H and O–H groups in total. The summed E-state index contributed by atoms with van der Waals surface area (Å²) in [5.41, 5.74) is 2.29. The fourth-order valence-electron chi connectivity index (χ4n) is 4.02. The molecule has 2 unspecified atom stereocenters. The lowest BCUT2D eigenvalue weighted by Gasteiger charge is -2.18. The van der Waals surface area contributed by atoms with E-state index in [4.69, 9.17) is 21.1 Å². The number of benzene rings is 2. The van der Waals surface area contributed by atoms with Gasteiger partial charge < -0.3 is 18.9 Å². The van der Waals surface area contributed by atoms with Crippen molar-refractivity contribution in [1.29, 1.82) is 0 Å². The first-order valence-corrected chi connectivity index (χ1v) is 16.5. The average Bonchev–Trinajstić information content (AvgIpc) is 3.39. The Morgan fingerprint density at radius 1 is 0.974 bits per heavy atom. The van der Waals surface area contributed by atoms with Gasteiger partial charge in [0, 0.05) is 30.3 Å². The van der Waals surface area contributed by atoms with E-state index in [0.717, 1.165) is 53.8 Å². The summed E-state index contributed by atoms with van der Waals surface area (Å²) in [5, 5.41) is 1.06. The third-order valence-electron chi connectivity index (χ3n) is 6.41. The number of unbranched alkanes of at least 4 members (excludes halogenated alkanes) is 5. The Morgan fingerprint density at radius 2 is 1.61 bits per heavy atom. The lowest BCUT2D eigenvalue weighted by molar-refractivity contribution is 0.174. The molecule has 212 valence electrons. The molecule has 1 aliphatic heterocycles. The molecule has 2 atom stereocenters. The standard InChI is InChI=1S/C18H28O3S.C12H16ClNOS/c1-3-4-5-6-7-8-11-22(19)15(2)12-16-9-10-17-18(13-16)21-14-20-17;1-3-14(4-2)12(15)16-9-10-5-7-11(13)8-6-10/h9-10,13,15H,3-8,11-12,14H2,1-2H3;5-8H,3-4,9H2,1-2H3. The van der Waals surface area contributed by atoms with Gasteiger partial charge in [-0.25, -0.2) is 0 Å². The first kappa shape index (κ1) is 32.7. The second-order valence-corrected chi connectivity index (χ2v) is 12.7. The van der Waals surface area contributed by atoms with Gasteiger partial charge in [-0.1, -0.05) is 85.3 Å². The summed E-state index contributed by atoms with van der Waals surface area (Å²) in [6.07, 6.45) is 8.32. The van der Waals surface area contributed by atoms with Gasteiger partial charge in [0.2, 0.25) is 6.79 Å². The number of carbonyl (C=O) groups excluding carboxylic acids is 1. The number of rotatable bonds is 14.